The summed E-state index contributed by atoms with van der Waals surface area (Å²) in [6.45, 7) is 1.54. The van der Waals surface area contributed by atoms with Crippen LogP contribution in [0.1, 0.15) is 43.7 Å². The number of amides is 1. The number of aromatic nitrogens is 3. The van der Waals surface area contributed by atoms with Crippen molar-refractivity contribution in [2.45, 2.75) is 43.7 Å². The summed E-state index contributed by atoms with van der Waals surface area (Å²) < 4.78 is 0. The van der Waals surface area contributed by atoms with Gasteiger partial charge in [-0.3, -0.25) is 4.79 Å². The summed E-state index contributed by atoms with van der Waals surface area (Å²) in [6.07, 6.45) is 7.56. The SMILES string of the molecule is NC1(CC(=O)NC(c2ccc(Cl)cc2)C2CC2)CCN(c2ncnc3[nH]ccc23)CC1. The van der Waals surface area contributed by atoms with E-state index in [9.17, 15) is 4.79 Å². The molecule has 2 aromatic heterocycles. The highest BCUT2D eigenvalue weighted by Crippen LogP contribution is 2.41. The van der Waals surface area contributed by atoms with Crippen LogP contribution in [-0.4, -0.2) is 39.5 Å². The zero-order valence-corrected chi connectivity index (χ0v) is 18.1. The van der Waals surface area contributed by atoms with Gasteiger partial charge in [-0.15, -0.1) is 0 Å². The lowest BCUT2D eigenvalue weighted by molar-refractivity contribution is -0.123. The molecule has 0 spiro atoms. The van der Waals surface area contributed by atoms with E-state index in [0.29, 0.717) is 17.4 Å². The van der Waals surface area contributed by atoms with E-state index >= 15 is 0 Å². The van der Waals surface area contributed by atoms with Crippen molar-refractivity contribution in [1.82, 2.24) is 20.3 Å². The van der Waals surface area contributed by atoms with E-state index in [0.717, 1.165) is 61.2 Å². The van der Waals surface area contributed by atoms with Gasteiger partial charge in [-0.1, -0.05) is 23.7 Å². The molecule has 1 atom stereocenters. The number of aromatic amines is 1. The fraction of sp³-hybridized carbons (Fsp3) is 0.435. The Morgan fingerprint density at radius 3 is 2.68 bits per heavy atom. The highest BCUT2D eigenvalue weighted by molar-refractivity contribution is 6.30. The predicted octanol–water partition coefficient (Wildman–Crippen LogP) is 3.57. The Kier molecular flexibility index (Phi) is 5.32. The summed E-state index contributed by atoms with van der Waals surface area (Å²) in [5.41, 5.74) is 8.12. The van der Waals surface area contributed by atoms with Crippen LogP contribution < -0.4 is 16.0 Å². The van der Waals surface area contributed by atoms with Crippen molar-refractivity contribution in [1.29, 1.82) is 0 Å². The van der Waals surface area contributed by atoms with Crippen LogP contribution in [0.5, 0.6) is 0 Å². The summed E-state index contributed by atoms with van der Waals surface area (Å²) in [4.78, 5) is 27.0. The van der Waals surface area contributed by atoms with Crippen LogP contribution in [0.15, 0.2) is 42.9 Å². The molecule has 0 bridgehead atoms. The lowest BCUT2D eigenvalue weighted by atomic mass is 9.85. The molecule has 1 aliphatic heterocycles. The smallest absolute Gasteiger partial charge is 0.222 e. The molecule has 1 amide bonds. The first-order valence-electron chi connectivity index (χ1n) is 10.9. The van der Waals surface area contributed by atoms with Gasteiger partial charge in [0.05, 0.1) is 11.4 Å². The Morgan fingerprint density at radius 1 is 1.23 bits per heavy atom. The molecule has 3 heterocycles. The number of piperidine rings is 1. The molecule has 1 aliphatic carbocycles. The van der Waals surface area contributed by atoms with E-state index in [2.05, 4.69) is 25.2 Å². The number of rotatable bonds is 6. The molecule has 3 aromatic rings. The quantitative estimate of drug-likeness (QED) is 0.546. The summed E-state index contributed by atoms with van der Waals surface area (Å²) >= 11 is 6.03. The zero-order chi connectivity index (χ0) is 21.4. The highest BCUT2D eigenvalue weighted by Gasteiger charge is 2.37. The minimum absolute atomic E-state index is 0.0258. The molecule has 31 heavy (non-hydrogen) atoms. The topological polar surface area (TPSA) is 99.9 Å². The van der Waals surface area contributed by atoms with Crippen molar-refractivity contribution in [3.8, 4) is 0 Å². The maximum Gasteiger partial charge on any atom is 0.222 e. The van der Waals surface area contributed by atoms with E-state index in [4.69, 9.17) is 17.3 Å². The van der Waals surface area contributed by atoms with E-state index in [1.165, 1.54) is 0 Å². The van der Waals surface area contributed by atoms with Crippen LogP contribution in [0, 0.1) is 5.92 Å². The first-order chi connectivity index (χ1) is 15.0. The van der Waals surface area contributed by atoms with Crippen molar-refractivity contribution in [3.05, 3.63) is 53.4 Å². The molecule has 162 valence electrons. The van der Waals surface area contributed by atoms with E-state index < -0.39 is 5.54 Å². The van der Waals surface area contributed by atoms with Crippen molar-refractivity contribution in [2.75, 3.05) is 18.0 Å². The molecule has 1 aromatic carbocycles. The standard InChI is InChI=1S/C23H27ClN6O/c24-17-5-3-16(4-6-17)20(15-1-2-15)29-19(31)13-23(25)8-11-30(12-9-23)22-18-7-10-26-21(18)27-14-28-22/h3-7,10,14-15,20H,1-2,8-9,11-13,25H2,(H,29,31)(H,26,27,28). The molecule has 2 aliphatic rings. The van der Waals surface area contributed by atoms with Crippen molar-refractivity contribution in [2.24, 2.45) is 11.7 Å². The maximum atomic E-state index is 12.9. The van der Waals surface area contributed by atoms with Gasteiger partial charge < -0.3 is 20.9 Å². The Balaban J connectivity index is 1.21. The summed E-state index contributed by atoms with van der Waals surface area (Å²) in [7, 11) is 0. The molecule has 4 N–H and O–H groups in total. The lowest BCUT2D eigenvalue weighted by Gasteiger charge is -2.39. The van der Waals surface area contributed by atoms with E-state index in [1.807, 2.05) is 36.5 Å². The Bertz CT molecular complexity index is 1070. The molecular weight excluding hydrogens is 412 g/mol. The van der Waals surface area contributed by atoms with Crippen LogP contribution >= 0.6 is 11.6 Å². The van der Waals surface area contributed by atoms with Gasteiger partial charge in [0.15, 0.2) is 0 Å². The average Bonchev–Trinajstić information content (AvgIpc) is 3.49. The first kappa shape index (κ1) is 20.3. The van der Waals surface area contributed by atoms with Crippen LogP contribution in [0.4, 0.5) is 5.82 Å². The van der Waals surface area contributed by atoms with Gasteiger partial charge in [0.2, 0.25) is 5.91 Å². The van der Waals surface area contributed by atoms with Gasteiger partial charge >= 0.3 is 0 Å². The third-order valence-corrected chi connectivity index (χ3v) is 6.80. The number of hydrogen-bond donors (Lipinski definition) is 3. The number of fused-ring (bicyclic) bond motifs is 1. The van der Waals surface area contributed by atoms with Crippen LogP contribution in [0.3, 0.4) is 0 Å². The minimum Gasteiger partial charge on any atom is -0.356 e. The maximum absolute atomic E-state index is 12.9. The zero-order valence-electron chi connectivity index (χ0n) is 17.4. The number of benzene rings is 1. The Hall–Kier alpha value is -2.64. The molecule has 1 unspecified atom stereocenters. The second-order valence-corrected chi connectivity index (χ2v) is 9.33. The Labute approximate surface area is 186 Å². The summed E-state index contributed by atoms with van der Waals surface area (Å²) in [6, 6.07) is 9.81. The van der Waals surface area contributed by atoms with Crippen LogP contribution in [0.25, 0.3) is 11.0 Å². The molecule has 2 fully saturated rings. The number of nitrogens with zero attached hydrogens (tertiary/aromatic N) is 3. The number of H-pyrrole nitrogens is 1. The highest BCUT2D eigenvalue weighted by atomic mass is 35.5. The number of halogens is 1. The van der Waals surface area contributed by atoms with Crippen LogP contribution in [-0.2, 0) is 4.79 Å². The van der Waals surface area contributed by atoms with Crippen molar-refractivity contribution < 1.29 is 4.79 Å². The average molecular weight is 439 g/mol. The summed E-state index contributed by atoms with van der Waals surface area (Å²) in [5, 5.41) is 4.97. The fourth-order valence-electron chi connectivity index (χ4n) is 4.57. The van der Waals surface area contributed by atoms with Gasteiger partial charge in [-0.2, -0.15) is 0 Å². The lowest BCUT2D eigenvalue weighted by Crippen LogP contribution is -2.53. The van der Waals surface area contributed by atoms with Gasteiger partial charge in [-0.05, 0) is 55.4 Å². The fourth-order valence-corrected chi connectivity index (χ4v) is 4.69. The largest absolute Gasteiger partial charge is 0.356 e. The third kappa shape index (κ3) is 4.38. The van der Waals surface area contributed by atoms with Gasteiger partial charge in [0.1, 0.15) is 17.8 Å². The molecule has 0 radical (unpaired) electrons. The molecule has 7 nitrogen and oxygen atoms in total. The minimum atomic E-state index is -0.501. The number of carbonyl (C=O) groups excluding carboxylic acids is 1. The number of nitrogens with two attached hydrogens (primary N) is 1. The summed E-state index contributed by atoms with van der Waals surface area (Å²) in [5.74, 6) is 1.45. The van der Waals surface area contributed by atoms with Crippen molar-refractivity contribution in [3.63, 3.8) is 0 Å². The normalized spacial score (nSPS) is 19.4. The number of nitrogens with one attached hydrogen (secondary N) is 2. The van der Waals surface area contributed by atoms with Crippen LogP contribution in [0.2, 0.25) is 5.02 Å². The van der Waals surface area contributed by atoms with Gasteiger partial charge in [0.25, 0.3) is 0 Å². The van der Waals surface area contributed by atoms with Gasteiger partial charge in [-0.25, -0.2) is 9.97 Å². The number of hydrogen-bond acceptors (Lipinski definition) is 5. The van der Waals surface area contributed by atoms with E-state index in [1.54, 1.807) is 6.33 Å². The molecule has 5 rings (SSSR count). The second-order valence-electron chi connectivity index (χ2n) is 8.90. The van der Waals surface area contributed by atoms with E-state index in [-0.39, 0.29) is 11.9 Å². The molecule has 1 saturated carbocycles. The predicted molar refractivity (Wildman–Crippen MR) is 122 cm³/mol. The van der Waals surface area contributed by atoms with Gasteiger partial charge in [0, 0.05) is 36.3 Å². The molecule has 8 heteroatoms. The molecular formula is C23H27ClN6O. The molecule has 1 saturated heterocycles. The second kappa shape index (κ2) is 8.13. The van der Waals surface area contributed by atoms with Crippen molar-refractivity contribution >= 4 is 34.4 Å². The number of anilines is 1. The monoisotopic (exact) mass is 438 g/mol. The third-order valence-electron chi connectivity index (χ3n) is 6.54. The first-order valence-corrected chi connectivity index (χ1v) is 11.3. The Morgan fingerprint density at radius 2 is 1.97 bits per heavy atom. The number of carbonyl (C=O) groups is 1.